The van der Waals surface area contributed by atoms with E-state index >= 15 is 0 Å². The van der Waals surface area contributed by atoms with E-state index in [1.807, 2.05) is 6.07 Å². The minimum Gasteiger partial charge on any atom is -0.497 e. The van der Waals surface area contributed by atoms with Crippen molar-refractivity contribution < 1.29 is 4.74 Å². The molecule has 0 radical (unpaired) electrons. The summed E-state index contributed by atoms with van der Waals surface area (Å²) in [5.74, 6) is 1.68. The summed E-state index contributed by atoms with van der Waals surface area (Å²) in [6.07, 6.45) is 4.80. The Kier molecular flexibility index (Phi) is 4.74. The number of ether oxygens (including phenoxy) is 1. The summed E-state index contributed by atoms with van der Waals surface area (Å²) < 4.78 is 7.54. The molecule has 0 amide bonds. The van der Waals surface area contributed by atoms with Crippen LogP contribution >= 0.6 is 0 Å². The van der Waals surface area contributed by atoms with Crippen LogP contribution in [-0.4, -0.2) is 33.1 Å². The standard InChI is InChI=1S/C21H26N4O2/c1-4-5-20-22-18-8-9-25(13-17(18)21(26)23-20)12-14-11-24(2)19-7-6-15(27-3)10-16(14)19/h6-7,10-11H,4-5,8-9,12-13H2,1-3H3,(H,22,23,26). The van der Waals surface area contributed by atoms with Gasteiger partial charge in [-0.15, -0.1) is 0 Å². The second-order valence-corrected chi connectivity index (χ2v) is 7.30. The molecule has 0 bridgehead atoms. The fraction of sp³-hybridized carbons (Fsp3) is 0.429. The maximum Gasteiger partial charge on any atom is 0.255 e. The molecule has 0 spiro atoms. The van der Waals surface area contributed by atoms with Crippen molar-refractivity contribution >= 4 is 10.9 Å². The third-order valence-corrected chi connectivity index (χ3v) is 5.36. The lowest BCUT2D eigenvalue weighted by Gasteiger charge is -2.27. The number of H-pyrrole nitrogens is 1. The van der Waals surface area contributed by atoms with Gasteiger partial charge in [-0.25, -0.2) is 4.98 Å². The van der Waals surface area contributed by atoms with Crippen molar-refractivity contribution in [3.05, 3.63) is 57.4 Å². The van der Waals surface area contributed by atoms with Crippen molar-refractivity contribution in [1.82, 2.24) is 19.4 Å². The molecule has 1 aliphatic rings. The van der Waals surface area contributed by atoms with E-state index in [9.17, 15) is 4.79 Å². The van der Waals surface area contributed by atoms with Gasteiger partial charge in [0.2, 0.25) is 0 Å². The summed E-state index contributed by atoms with van der Waals surface area (Å²) in [5.41, 5.74) is 4.25. The molecule has 142 valence electrons. The lowest BCUT2D eigenvalue weighted by atomic mass is 10.1. The first-order valence-corrected chi connectivity index (χ1v) is 9.54. The highest BCUT2D eigenvalue weighted by Gasteiger charge is 2.22. The number of aryl methyl sites for hydroxylation is 2. The number of nitrogens with zero attached hydrogens (tertiary/aromatic N) is 3. The predicted molar refractivity (Wildman–Crippen MR) is 106 cm³/mol. The van der Waals surface area contributed by atoms with Crippen molar-refractivity contribution in [2.24, 2.45) is 7.05 Å². The predicted octanol–water partition coefficient (Wildman–Crippen LogP) is 2.78. The van der Waals surface area contributed by atoms with E-state index in [-0.39, 0.29) is 5.56 Å². The van der Waals surface area contributed by atoms with Crippen LogP contribution in [0.25, 0.3) is 10.9 Å². The molecule has 6 nitrogen and oxygen atoms in total. The average Bonchev–Trinajstić information content (AvgIpc) is 2.97. The first kappa shape index (κ1) is 17.8. The smallest absolute Gasteiger partial charge is 0.255 e. The fourth-order valence-electron chi connectivity index (χ4n) is 3.97. The molecule has 0 saturated carbocycles. The Morgan fingerprint density at radius 2 is 2.19 bits per heavy atom. The number of hydrogen-bond donors (Lipinski definition) is 1. The second kappa shape index (κ2) is 7.19. The lowest BCUT2D eigenvalue weighted by molar-refractivity contribution is 0.242. The Balaban J connectivity index is 1.60. The summed E-state index contributed by atoms with van der Waals surface area (Å²) in [6, 6.07) is 6.17. The van der Waals surface area contributed by atoms with Gasteiger partial charge in [-0.2, -0.15) is 0 Å². The maximum atomic E-state index is 12.5. The van der Waals surface area contributed by atoms with Crippen LogP contribution in [0.5, 0.6) is 5.75 Å². The highest BCUT2D eigenvalue weighted by molar-refractivity contribution is 5.85. The lowest BCUT2D eigenvalue weighted by Crippen LogP contribution is -2.35. The van der Waals surface area contributed by atoms with Crippen LogP contribution in [0.15, 0.2) is 29.2 Å². The van der Waals surface area contributed by atoms with Crippen LogP contribution in [0.4, 0.5) is 0 Å². The minimum atomic E-state index is 0.0211. The summed E-state index contributed by atoms with van der Waals surface area (Å²) in [5, 5.41) is 1.20. The SMILES string of the molecule is CCCc1nc2c(c(=O)[nH]1)CN(Cc1cn(C)c3ccc(OC)cc13)CC2. The topological polar surface area (TPSA) is 63.2 Å². The number of aromatic amines is 1. The van der Waals surface area contributed by atoms with Crippen LogP contribution < -0.4 is 10.3 Å². The number of nitrogens with one attached hydrogen (secondary N) is 1. The zero-order chi connectivity index (χ0) is 19.0. The highest BCUT2D eigenvalue weighted by Crippen LogP contribution is 2.27. The van der Waals surface area contributed by atoms with Gasteiger partial charge >= 0.3 is 0 Å². The molecule has 0 atom stereocenters. The number of rotatable bonds is 5. The number of hydrogen-bond acceptors (Lipinski definition) is 4. The second-order valence-electron chi connectivity index (χ2n) is 7.30. The van der Waals surface area contributed by atoms with Gasteiger partial charge in [0.05, 0.1) is 18.4 Å². The summed E-state index contributed by atoms with van der Waals surface area (Å²) in [7, 11) is 3.76. The Labute approximate surface area is 158 Å². The zero-order valence-corrected chi connectivity index (χ0v) is 16.2. The van der Waals surface area contributed by atoms with Crippen LogP contribution in [0.2, 0.25) is 0 Å². The number of benzene rings is 1. The molecule has 3 heterocycles. The summed E-state index contributed by atoms with van der Waals surface area (Å²) >= 11 is 0. The van der Waals surface area contributed by atoms with E-state index in [4.69, 9.17) is 4.74 Å². The average molecular weight is 366 g/mol. The molecule has 27 heavy (non-hydrogen) atoms. The Hall–Kier alpha value is -2.60. The number of aromatic nitrogens is 3. The van der Waals surface area contributed by atoms with Gasteiger partial charge in [-0.1, -0.05) is 6.92 Å². The summed E-state index contributed by atoms with van der Waals surface area (Å²) in [6.45, 7) is 4.46. The third kappa shape index (κ3) is 3.37. The van der Waals surface area contributed by atoms with Crippen LogP contribution in [0.3, 0.4) is 0 Å². The van der Waals surface area contributed by atoms with Crippen molar-refractivity contribution in [1.29, 1.82) is 0 Å². The fourth-order valence-corrected chi connectivity index (χ4v) is 3.97. The monoisotopic (exact) mass is 366 g/mol. The van der Waals surface area contributed by atoms with Crippen LogP contribution in [0.1, 0.15) is 36.0 Å². The molecule has 3 aromatic rings. The van der Waals surface area contributed by atoms with Crippen LogP contribution in [-0.2, 0) is 33.0 Å². The van der Waals surface area contributed by atoms with E-state index in [1.165, 1.54) is 16.5 Å². The molecule has 0 unspecified atom stereocenters. The molecule has 2 aromatic heterocycles. The molecule has 6 heteroatoms. The Morgan fingerprint density at radius 1 is 1.33 bits per heavy atom. The molecule has 1 aliphatic heterocycles. The maximum absolute atomic E-state index is 12.5. The van der Waals surface area contributed by atoms with Gasteiger partial charge in [0.15, 0.2) is 0 Å². The van der Waals surface area contributed by atoms with Crippen molar-refractivity contribution in [2.75, 3.05) is 13.7 Å². The van der Waals surface area contributed by atoms with Gasteiger partial charge in [0.1, 0.15) is 11.6 Å². The molecule has 4 rings (SSSR count). The molecule has 1 N–H and O–H groups in total. The van der Waals surface area contributed by atoms with E-state index < -0.39 is 0 Å². The number of methoxy groups -OCH3 is 1. The van der Waals surface area contributed by atoms with Gasteiger partial charge in [-0.05, 0) is 30.2 Å². The quantitative estimate of drug-likeness (QED) is 0.754. The van der Waals surface area contributed by atoms with Gasteiger partial charge in [0.25, 0.3) is 5.56 Å². The largest absolute Gasteiger partial charge is 0.497 e. The van der Waals surface area contributed by atoms with E-state index in [0.717, 1.165) is 55.2 Å². The van der Waals surface area contributed by atoms with Gasteiger partial charge in [0, 0.05) is 56.6 Å². The highest BCUT2D eigenvalue weighted by atomic mass is 16.5. The Bertz CT molecular complexity index is 1030. The molecular weight excluding hydrogens is 340 g/mol. The van der Waals surface area contributed by atoms with Crippen LogP contribution in [0, 0.1) is 0 Å². The summed E-state index contributed by atoms with van der Waals surface area (Å²) in [4.78, 5) is 22.5. The van der Waals surface area contributed by atoms with Crippen molar-refractivity contribution in [3.8, 4) is 5.75 Å². The molecule has 0 aliphatic carbocycles. The molecule has 0 fully saturated rings. The first-order chi connectivity index (χ1) is 13.1. The third-order valence-electron chi connectivity index (χ3n) is 5.36. The van der Waals surface area contributed by atoms with Crippen molar-refractivity contribution in [3.63, 3.8) is 0 Å². The molecule has 1 aromatic carbocycles. The normalized spacial score (nSPS) is 14.5. The van der Waals surface area contributed by atoms with E-state index in [1.54, 1.807) is 7.11 Å². The van der Waals surface area contributed by atoms with E-state index in [2.05, 4.69) is 51.7 Å². The van der Waals surface area contributed by atoms with Gasteiger partial charge < -0.3 is 14.3 Å². The first-order valence-electron chi connectivity index (χ1n) is 9.54. The molecular formula is C21H26N4O2. The number of fused-ring (bicyclic) bond motifs is 2. The minimum absolute atomic E-state index is 0.0211. The van der Waals surface area contributed by atoms with Crippen molar-refractivity contribution in [2.45, 2.75) is 39.3 Å². The van der Waals surface area contributed by atoms with Gasteiger partial charge in [-0.3, -0.25) is 9.69 Å². The zero-order valence-electron chi connectivity index (χ0n) is 16.2. The van der Waals surface area contributed by atoms with E-state index in [0.29, 0.717) is 6.54 Å². The Morgan fingerprint density at radius 3 is 2.96 bits per heavy atom. The molecule has 0 saturated heterocycles.